The van der Waals surface area contributed by atoms with E-state index in [0.717, 1.165) is 37.9 Å². The second-order valence-electron chi connectivity index (χ2n) is 7.73. The zero-order valence-electron chi connectivity index (χ0n) is 16.0. The Labute approximate surface area is 165 Å². The fourth-order valence-corrected chi connectivity index (χ4v) is 4.33. The van der Waals surface area contributed by atoms with Gasteiger partial charge in [0.25, 0.3) is 0 Å². The number of ketones is 1. The van der Waals surface area contributed by atoms with Gasteiger partial charge in [0.15, 0.2) is 0 Å². The van der Waals surface area contributed by atoms with Gasteiger partial charge in [-0.15, -0.1) is 0 Å². The van der Waals surface area contributed by atoms with Crippen molar-refractivity contribution in [1.82, 2.24) is 5.32 Å². The molecule has 2 aliphatic rings. The molecule has 3 N–H and O–H groups in total. The molecule has 1 amide bonds. The van der Waals surface area contributed by atoms with E-state index in [1.165, 1.54) is 6.08 Å². The summed E-state index contributed by atoms with van der Waals surface area (Å²) in [6, 6.07) is 9.33. The summed E-state index contributed by atoms with van der Waals surface area (Å²) in [6.45, 7) is 5.50. The van der Waals surface area contributed by atoms with Crippen molar-refractivity contribution in [2.75, 3.05) is 19.7 Å². The molecular weight excluding hydrogens is 359 g/mol. The van der Waals surface area contributed by atoms with Crippen molar-refractivity contribution in [1.29, 1.82) is 0 Å². The Hall–Kier alpha value is -2.16. The number of alkyl carbamates (subject to hydrolysis) is 1. The van der Waals surface area contributed by atoms with E-state index >= 15 is 0 Å². The van der Waals surface area contributed by atoms with Gasteiger partial charge in [-0.25, -0.2) is 4.79 Å². The molecule has 2 unspecified atom stereocenters. The zero-order chi connectivity index (χ0) is 20.1. The van der Waals surface area contributed by atoms with E-state index in [0.29, 0.717) is 4.48 Å². The molecule has 1 spiro atoms. The van der Waals surface area contributed by atoms with E-state index in [9.17, 15) is 19.6 Å². The van der Waals surface area contributed by atoms with Crippen LogP contribution in [-0.4, -0.2) is 71.2 Å². The fraction of sp³-hybridized carbons (Fsp3) is 0.500. The second kappa shape index (κ2) is 8.90. The maximum Gasteiger partial charge on any atom is 0.475 e. The number of ether oxygens (including phenoxy) is 1. The predicted molar refractivity (Wildman–Crippen MR) is 105 cm³/mol. The zero-order valence-corrected chi connectivity index (χ0v) is 16.0. The molecule has 2 aliphatic heterocycles. The maximum atomic E-state index is 12.2. The molecule has 2 heterocycles. The van der Waals surface area contributed by atoms with Crippen LogP contribution >= 0.6 is 0 Å². The number of carbonyl (C=O) groups excluding carboxylic acids is 2. The van der Waals surface area contributed by atoms with Gasteiger partial charge in [-0.05, 0) is 30.9 Å². The molecule has 1 aromatic carbocycles. The van der Waals surface area contributed by atoms with Crippen molar-refractivity contribution in [2.24, 2.45) is 0 Å². The van der Waals surface area contributed by atoms with Crippen LogP contribution in [0.15, 0.2) is 43.0 Å². The van der Waals surface area contributed by atoms with E-state index in [4.69, 9.17) is 4.74 Å². The number of carbonyl (C=O) groups is 2. The van der Waals surface area contributed by atoms with E-state index < -0.39 is 19.2 Å². The Morgan fingerprint density at radius 1 is 1.32 bits per heavy atom. The van der Waals surface area contributed by atoms with E-state index in [2.05, 4.69) is 11.9 Å². The molecule has 0 saturated carbocycles. The Bertz CT molecular complexity index is 714. The van der Waals surface area contributed by atoms with Crippen molar-refractivity contribution >= 4 is 19.0 Å². The summed E-state index contributed by atoms with van der Waals surface area (Å²) in [5, 5.41) is 21.7. The normalized spacial score (nSPS) is 26.9. The first-order valence-electron chi connectivity index (χ1n) is 9.82. The molecule has 3 rings (SSSR count). The Kier molecular flexibility index (Phi) is 6.54. The molecule has 2 fully saturated rings. The largest absolute Gasteiger partial charge is 0.475 e. The van der Waals surface area contributed by atoms with Gasteiger partial charge in [0.2, 0.25) is 11.8 Å². The second-order valence-corrected chi connectivity index (χ2v) is 7.73. The molecule has 4 atom stereocenters. The average molecular weight is 387 g/mol. The number of nitrogens with zero attached hydrogens (tertiary/aromatic N) is 1. The SMILES string of the molecule is C=CC(=O)C1C[N+]12CCCC[C@H]2COC(=O)N[C@@H](Cc1ccccc1)B(O)O. The van der Waals surface area contributed by atoms with E-state index in [1.54, 1.807) is 0 Å². The molecule has 150 valence electrons. The summed E-state index contributed by atoms with van der Waals surface area (Å²) < 4.78 is 6.10. The third-order valence-electron chi connectivity index (χ3n) is 5.99. The molecule has 2 saturated heterocycles. The number of benzene rings is 1. The number of nitrogens with one attached hydrogen (secondary N) is 1. The van der Waals surface area contributed by atoms with Crippen molar-refractivity contribution in [3.63, 3.8) is 0 Å². The summed E-state index contributed by atoms with van der Waals surface area (Å²) in [7, 11) is -1.69. The summed E-state index contributed by atoms with van der Waals surface area (Å²) in [6.07, 6.45) is 4.02. The van der Waals surface area contributed by atoms with Gasteiger partial charge in [-0.3, -0.25) is 9.28 Å². The summed E-state index contributed by atoms with van der Waals surface area (Å²) in [5.41, 5.74) is 0.882. The third-order valence-corrected chi connectivity index (χ3v) is 5.99. The molecule has 0 radical (unpaired) electrons. The molecule has 0 bridgehead atoms. The smallest absolute Gasteiger partial charge is 0.443 e. The number of quaternary nitrogens is 1. The predicted octanol–water partition coefficient (Wildman–Crippen LogP) is 0.842. The van der Waals surface area contributed by atoms with Gasteiger partial charge in [0.1, 0.15) is 19.2 Å². The van der Waals surface area contributed by atoms with Gasteiger partial charge >= 0.3 is 13.2 Å². The summed E-state index contributed by atoms with van der Waals surface area (Å²) >= 11 is 0. The molecular formula is C20H28BN2O5+. The van der Waals surface area contributed by atoms with Crippen LogP contribution in [0.4, 0.5) is 4.79 Å². The van der Waals surface area contributed by atoms with E-state index in [1.807, 2.05) is 30.3 Å². The average Bonchev–Trinajstić information content (AvgIpc) is 3.41. The molecule has 8 heteroatoms. The highest BCUT2D eigenvalue weighted by atomic mass is 16.5. The molecule has 7 nitrogen and oxygen atoms in total. The minimum absolute atomic E-state index is 0.0560. The molecule has 28 heavy (non-hydrogen) atoms. The van der Waals surface area contributed by atoms with Crippen LogP contribution in [0, 0.1) is 0 Å². The van der Waals surface area contributed by atoms with Crippen LogP contribution in [0.1, 0.15) is 24.8 Å². The first kappa shape index (κ1) is 20.6. The maximum absolute atomic E-state index is 12.2. The fourth-order valence-electron chi connectivity index (χ4n) is 4.33. The Morgan fingerprint density at radius 3 is 2.75 bits per heavy atom. The van der Waals surface area contributed by atoms with Gasteiger partial charge in [0, 0.05) is 6.42 Å². The third kappa shape index (κ3) is 4.63. The highest BCUT2D eigenvalue weighted by Gasteiger charge is 2.63. The van der Waals surface area contributed by atoms with Crippen LogP contribution in [0.2, 0.25) is 0 Å². The minimum atomic E-state index is -1.69. The van der Waals surface area contributed by atoms with Gasteiger partial charge in [-0.1, -0.05) is 36.9 Å². The summed E-state index contributed by atoms with van der Waals surface area (Å²) in [5.74, 6) is -0.802. The quantitative estimate of drug-likeness (QED) is 0.266. The van der Waals surface area contributed by atoms with E-state index in [-0.39, 0.29) is 30.9 Å². The van der Waals surface area contributed by atoms with Crippen molar-refractivity contribution < 1.29 is 28.9 Å². The van der Waals surface area contributed by atoms with Crippen molar-refractivity contribution in [2.45, 2.75) is 43.7 Å². The molecule has 0 aromatic heterocycles. The van der Waals surface area contributed by atoms with Crippen LogP contribution < -0.4 is 5.32 Å². The van der Waals surface area contributed by atoms with Crippen molar-refractivity contribution in [3.05, 3.63) is 48.6 Å². The summed E-state index contributed by atoms with van der Waals surface area (Å²) in [4.78, 5) is 24.3. The Balaban J connectivity index is 1.53. The van der Waals surface area contributed by atoms with Crippen LogP contribution in [0.5, 0.6) is 0 Å². The van der Waals surface area contributed by atoms with Crippen LogP contribution in [0.3, 0.4) is 0 Å². The van der Waals surface area contributed by atoms with Crippen LogP contribution in [-0.2, 0) is 16.0 Å². The van der Waals surface area contributed by atoms with Crippen molar-refractivity contribution in [3.8, 4) is 0 Å². The highest BCUT2D eigenvalue weighted by molar-refractivity contribution is 6.43. The first-order valence-corrected chi connectivity index (χ1v) is 9.82. The molecule has 0 aliphatic carbocycles. The van der Waals surface area contributed by atoms with Gasteiger partial charge in [0.05, 0.1) is 12.5 Å². The first-order chi connectivity index (χ1) is 13.5. The van der Waals surface area contributed by atoms with Gasteiger partial charge < -0.3 is 20.1 Å². The standard InChI is InChI=1S/C20H27BN2O5/c1-2-18(24)17-13-23(17)11-7-6-10-16(23)14-28-20(25)22-19(21(26)27)12-15-8-4-3-5-9-15/h2-5,8-9,16-17,19,26-27H,1,6-7,10-14H2/p+1/t16-,17?,19-,23?/m0/s1. The number of piperidine rings is 1. The lowest BCUT2D eigenvalue weighted by Crippen LogP contribution is -2.51. The number of amides is 1. The number of rotatable bonds is 8. The highest BCUT2D eigenvalue weighted by Crippen LogP contribution is 2.41. The van der Waals surface area contributed by atoms with Gasteiger partial charge in [-0.2, -0.15) is 0 Å². The lowest BCUT2D eigenvalue weighted by atomic mass is 9.76. The Morgan fingerprint density at radius 2 is 2.07 bits per heavy atom. The number of hydrogen-bond donors (Lipinski definition) is 3. The van der Waals surface area contributed by atoms with Crippen LogP contribution in [0.25, 0.3) is 0 Å². The lowest BCUT2D eigenvalue weighted by Gasteiger charge is -2.33. The topological polar surface area (TPSA) is 95.9 Å². The minimum Gasteiger partial charge on any atom is -0.443 e. The monoisotopic (exact) mass is 387 g/mol. The lowest BCUT2D eigenvalue weighted by molar-refractivity contribution is -0.842. The molecule has 1 aromatic rings. The number of hydrogen-bond acceptors (Lipinski definition) is 5.